The number of thioether (sulfide) groups is 1. The van der Waals surface area contributed by atoms with Crippen molar-refractivity contribution in [2.24, 2.45) is 0 Å². The first-order valence-electron chi connectivity index (χ1n) is 10.0. The topological polar surface area (TPSA) is 75.2 Å². The molecule has 10 heteroatoms. The Hall–Kier alpha value is -3.53. The van der Waals surface area contributed by atoms with E-state index in [1.807, 2.05) is 0 Å². The molecule has 0 aliphatic rings. The third kappa shape index (κ3) is 5.17. The van der Waals surface area contributed by atoms with Crippen molar-refractivity contribution in [3.05, 3.63) is 88.9 Å². The van der Waals surface area contributed by atoms with E-state index in [1.54, 1.807) is 25.1 Å². The number of aromatic amines is 1. The molecule has 0 saturated heterocycles. The van der Waals surface area contributed by atoms with Crippen molar-refractivity contribution in [1.82, 2.24) is 10.2 Å². The number of aryl methyl sites for hydroxylation is 1. The summed E-state index contributed by atoms with van der Waals surface area (Å²) in [4.78, 5) is 11.5. The van der Waals surface area contributed by atoms with Gasteiger partial charge in [-0.1, -0.05) is 12.1 Å². The van der Waals surface area contributed by atoms with E-state index in [4.69, 9.17) is 9.84 Å². The number of benzene rings is 3. The number of carbonyl (C=O) groups is 1. The first kappa shape index (κ1) is 23.6. The van der Waals surface area contributed by atoms with Crippen LogP contribution < -0.4 is 4.74 Å². The predicted molar refractivity (Wildman–Crippen MR) is 120 cm³/mol. The van der Waals surface area contributed by atoms with Crippen molar-refractivity contribution in [2.75, 3.05) is 6.61 Å². The van der Waals surface area contributed by atoms with Crippen molar-refractivity contribution >= 4 is 28.6 Å². The Morgan fingerprint density at radius 1 is 1.12 bits per heavy atom. The highest BCUT2D eigenvalue weighted by atomic mass is 32.2. The summed E-state index contributed by atoms with van der Waals surface area (Å²) in [6.45, 7) is 1.28. The molecular formula is C24H18F4N2O3S. The number of halogens is 4. The van der Waals surface area contributed by atoms with E-state index in [1.165, 1.54) is 42.1 Å². The molecule has 3 aromatic carbocycles. The Balaban J connectivity index is 1.73. The monoisotopic (exact) mass is 490 g/mol. The van der Waals surface area contributed by atoms with E-state index in [2.05, 4.69) is 10.2 Å². The predicted octanol–water partition coefficient (Wildman–Crippen LogP) is 6.37. The molecule has 4 rings (SSSR count). The Morgan fingerprint density at radius 2 is 1.85 bits per heavy atom. The highest BCUT2D eigenvalue weighted by molar-refractivity contribution is 7.99. The minimum Gasteiger partial charge on any atom is -0.482 e. The largest absolute Gasteiger partial charge is 0.482 e. The second kappa shape index (κ2) is 9.38. The zero-order valence-electron chi connectivity index (χ0n) is 17.7. The molecule has 34 heavy (non-hydrogen) atoms. The van der Waals surface area contributed by atoms with Gasteiger partial charge in [-0.05, 0) is 66.6 Å². The maximum Gasteiger partial charge on any atom is 0.416 e. The summed E-state index contributed by atoms with van der Waals surface area (Å²) in [7, 11) is 0. The van der Waals surface area contributed by atoms with Crippen LogP contribution in [0.25, 0.3) is 10.9 Å². The summed E-state index contributed by atoms with van der Waals surface area (Å²) in [5.41, 5.74) is 1.57. The number of rotatable bonds is 7. The Morgan fingerprint density at radius 3 is 2.50 bits per heavy atom. The van der Waals surface area contributed by atoms with Crippen LogP contribution in [-0.2, 0) is 11.0 Å². The molecule has 1 aromatic heterocycles. The summed E-state index contributed by atoms with van der Waals surface area (Å²) in [6, 6.07) is 14.1. The number of alkyl halides is 3. The van der Waals surface area contributed by atoms with Crippen LogP contribution in [0.4, 0.5) is 17.6 Å². The number of fused-ring (bicyclic) bond motifs is 1. The van der Waals surface area contributed by atoms with E-state index in [-0.39, 0.29) is 0 Å². The van der Waals surface area contributed by atoms with Crippen LogP contribution in [0, 0.1) is 12.7 Å². The number of nitrogens with one attached hydrogen (secondary N) is 1. The fourth-order valence-corrected chi connectivity index (χ4v) is 4.73. The van der Waals surface area contributed by atoms with E-state index >= 15 is 0 Å². The maximum absolute atomic E-state index is 14.0. The van der Waals surface area contributed by atoms with Gasteiger partial charge >= 0.3 is 12.1 Å². The van der Waals surface area contributed by atoms with E-state index in [0.717, 1.165) is 17.0 Å². The van der Waals surface area contributed by atoms with Gasteiger partial charge in [0, 0.05) is 10.3 Å². The van der Waals surface area contributed by atoms with Crippen LogP contribution in [0.15, 0.2) is 65.6 Å². The van der Waals surface area contributed by atoms with Gasteiger partial charge in [0.2, 0.25) is 0 Å². The lowest BCUT2D eigenvalue weighted by Gasteiger charge is -2.18. The van der Waals surface area contributed by atoms with Crippen LogP contribution in [0.3, 0.4) is 0 Å². The lowest BCUT2D eigenvalue weighted by atomic mass is 10.0. The fourth-order valence-electron chi connectivity index (χ4n) is 3.48. The van der Waals surface area contributed by atoms with Crippen molar-refractivity contribution in [3.63, 3.8) is 0 Å². The van der Waals surface area contributed by atoms with Crippen LogP contribution in [-0.4, -0.2) is 27.9 Å². The Kier molecular flexibility index (Phi) is 6.52. The Bertz CT molecular complexity index is 1340. The molecule has 1 heterocycles. The third-order valence-electron chi connectivity index (χ3n) is 5.10. The molecule has 5 nitrogen and oxygen atoms in total. The second-order valence-electron chi connectivity index (χ2n) is 7.53. The molecule has 4 aromatic rings. The van der Waals surface area contributed by atoms with Gasteiger partial charge in [0.1, 0.15) is 11.6 Å². The summed E-state index contributed by atoms with van der Waals surface area (Å²) in [5, 5.41) is 15.9. The highest BCUT2D eigenvalue weighted by Gasteiger charge is 2.31. The lowest BCUT2D eigenvalue weighted by molar-refractivity contribution is -0.139. The molecule has 2 N–H and O–H groups in total. The van der Waals surface area contributed by atoms with Crippen LogP contribution >= 0.6 is 11.8 Å². The van der Waals surface area contributed by atoms with Gasteiger partial charge in [0.05, 0.1) is 22.0 Å². The molecule has 1 atom stereocenters. The molecule has 1 unspecified atom stereocenters. The Labute approximate surface area is 195 Å². The number of carboxylic acid groups (broad SMARTS) is 1. The standard InChI is InChI=1S/C24H18F4N2O3S/c1-13-10-17(7-9-20(13)33-12-21(31)32)34-23(14-2-4-15(5-3-14)24(26,27)28)22-18-11-16(25)6-8-19(18)29-30-22/h2-11,23H,12H2,1H3,(H,29,30)(H,31,32). The SMILES string of the molecule is Cc1cc(SC(c2ccc(C(F)(F)F)cc2)c2[nH]nc3ccc(F)cc23)ccc1OCC(=O)O. The highest BCUT2D eigenvalue weighted by Crippen LogP contribution is 2.43. The van der Waals surface area contributed by atoms with Gasteiger partial charge in [-0.3, -0.25) is 5.10 Å². The number of nitrogens with zero attached hydrogens (tertiary/aromatic N) is 1. The summed E-state index contributed by atoms with van der Waals surface area (Å²) >= 11 is 1.33. The van der Waals surface area contributed by atoms with Gasteiger partial charge in [0.25, 0.3) is 0 Å². The minimum absolute atomic E-state index is 0.409. The quantitative estimate of drug-likeness (QED) is 0.232. The molecule has 0 radical (unpaired) electrons. The molecule has 0 saturated carbocycles. The van der Waals surface area contributed by atoms with Crippen LogP contribution in [0.1, 0.15) is 27.6 Å². The summed E-state index contributed by atoms with van der Waals surface area (Å²) in [5.74, 6) is -1.15. The number of carboxylic acids is 1. The zero-order valence-corrected chi connectivity index (χ0v) is 18.5. The van der Waals surface area contributed by atoms with Crippen molar-refractivity contribution in [3.8, 4) is 5.75 Å². The smallest absolute Gasteiger partial charge is 0.416 e. The molecular weight excluding hydrogens is 472 g/mol. The first-order valence-corrected chi connectivity index (χ1v) is 10.9. The van der Waals surface area contributed by atoms with Gasteiger partial charge in [-0.25, -0.2) is 9.18 Å². The van der Waals surface area contributed by atoms with Gasteiger partial charge in [-0.2, -0.15) is 18.3 Å². The van der Waals surface area contributed by atoms with E-state index in [9.17, 15) is 22.4 Å². The second-order valence-corrected chi connectivity index (χ2v) is 8.70. The maximum atomic E-state index is 14.0. The number of hydrogen-bond acceptors (Lipinski definition) is 4. The van der Waals surface area contributed by atoms with E-state index in [0.29, 0.717) is 33.5 Å². The average molecular weight is 490 g/mol. The van der Waals surface area contributed by atoms with Crippen molar-refractivity contribution < 1.29 is 32.2 Å². The molecule has 176 valence electrons. The number of hydrogen-bond donors (Lipinski definition) is 2. The third-order valence-corrected chi connectivity index (χ3v) is 6.37. The normalized spacial score (nSPS) is 12.6. The van der Waals surface area contributed by atoms with Crippen LogP contribution in [0.2, 0.25) is 0 Å². The molecule has 0 aliphatic heterocycles. The number of H-pyrrole nitrogens is 1. The lowest BCUT2D eigenvalue weighted by Crippen LogP contribution is -2.10. The van der Waals surface area contributed by atoms with Crippen molar-refractivity contribution in [1.29, 1.82) is 0 Å². The fraction of sp³-hybridized carbons (Fsp3) is 0.167. The molecule has 0 amide bonds. The van der Waals surface area contributed by atoms with Gasteiger partial charge < -0.3 is 9.84 Å². The molecule has 0 spiro atoms. The average Bonchev–Trinajstić information content (AvgIpc) is 3.19. The number of aromatic nitrogens is 2. The number of ether oxygens (including phenoxy) is 1. The van der Waals surface area contributed by atoms with Crippen molar-refractivity contribution in [2.45, 2.75) is 23.2 Å². The minimum atomic E-state index is -4.46. The molecule has 0 fully saturated rings. The first-order chi connectivity index (χ1) is 16.1. The van der Waals surface area contributed by atoms with E-state index < -0.39 is 35.4 Å². The molecule has 0 aliphatic carbocycles. The number of aliphatic carboxylic acids is 1. The summed E-state index contributed by atoms with van der Waals surface area (Å²) < 4.78 is 58.5. The van der Waals surface area contributed by atoms with Gasteiger partial charge in [0.15, 0.2) is 6.61 Å². The molecule has 0 bridgehead atoms. The zero-order chi connectivity index (χ0) is 24.5. The summed E-state index contributed by atoms with van der Waals surface area (Å²) in [6.07, 6.45) is -4.46. The van der Waals surface area contributed by atoms with Crippen LogP contribution in [0.5, 0.6) is 5.75 Å². The van der Waals surface area contributed by atoms with Gasteiger partial charge in [-0.15, -0.1) is 11.8 Å².